The van der Waals surface area contributed by atoms with Gasteiger partial charge in [0.1, 0.15) is 12.6 Å². The highest BCUT2D eigenvalue weighted by Crippen LogP contribution is 2.40. The SMILES string of the molecule is CCOc1cc(/C=C2/SC(=O)N([C@@H](C)C(=O)OC)C2=O)cc(Cl)c1OCc1ccc([N+](=O)[O-])cc1. The molecule has 1 aliphatic rings. The van der Waals surface area contributed by atoms with Crippen molar-refractivity contribution < 1.29 is 33.5 Å². The number of carbonyl (C=O) groups excluding carboxylic acids is 3. The molecule has 0 spiro atoms. The molecular weight excluding hydrogens is 500 g/mol. The maximum absolute atomic E-state index is 12.7. The molecule has 1 heterocycles. The summed E-state index contributed by atoms with van der Waals surface area (Å²) in [6, 6.07) is 8.00. The second-order valence-corrected chi connectivity index (χ2v) is 8.63. The number of halogens is 1. The van der Waals surface area contributed by atoms with Crippen LogP contribution in [-0.4, -0.2) is 46.7 Å². The number of nitro groups is 1. The second kappa shape index (κ2) is 11.2. The fraction of sp³-hybridized carbons (Fsp3) is 0.261. The standard InChI is InChI=1S/C23H21ClN2O8S/c1-4-33-18-10-15(11-19-21(27)25(23(29)35-19)13(2)22(28)32-3)9-17(24)20(18)34-12-14-5-7-16(8-6-14)26(30)31/h5-11,13H,4,12H2,1-3H3/b19-11+/t13-/m0/s1. The number of carbonyl (C=O) groups is 3. The third-order valence-electron chi connectivity index (χ3n) is 4.91. The van der Waals surface area contributed by atoms with Crippen molar-refractivity contribution in [1.29, 1.82) is 0 Å². The zero-order valence-electron chi connectivity index (χ0n) is 19.0. The van der Waals surface area contributed by atoms with E-state index in [9.17, 15) is 24.5 Å². The van der Waals surface area contributed by atoms with Gasteiger partial charge >= 0.3 is 5.97 Å². The van der Waals surface area contributed by atoms with E-state index in [1.165, 1.54) is 32.2 Å². The van der Waals surface area contributed by atoms with E-state index in [0.717, 1.165) is 4.90 Å². The van der Waals surface area contributed by atoms with Gasteiger partial charge in [0.25, 0.3) is 16.8 Å². The van der Waals surface area contributed by atoms with Gasteiger partial charge in [0.05, 0.1) is 28.6 Å². The van der Waals surface area contributed by atoms with Gasteiger partial charge in [0.2, 0.25) is 0 Å². The number of hydrogen-bond acceptors (Lipinski definition) is 9. The van der Waals surface area contributed by atoms with Gasteiger partial charge < -0.3 is 14.2 Å². The predicted molar refractivity (Wildman–Crippen MR) is 129 cm³/mol. The van der Waals surface area contributed by atoms with Crippen LogP contribution in [0.2, 0.25) is 5.02 Å². The highest BCUT2D eigenvalue weighted by molar-refractivity contribution is 8.18. The molecule has 2 aromatic rings. The van der Waals surface area contributed by atoms with E-state index in [-0.39, 0.29) is 28.0 Å². The Labute approximate surface area is 209 Å². The van der Waals surface area contributed by atoms with Crippen LogP contribution in [0.5, 0.6) is 11.5 Å². The van der Waals surface area contributed by atoms with Crippen LogP contribution in [0, 0.1) is 10.1 Å². The van der Waals surface area contributed by atoms with E-state index < -0.39 is 28.1 Å². The molecular formula is C23H21ClN2O8S. The number of nitrogens with zero attached hydrogens (tertiary/aromatic N) is 2. The van der Waals surface area contributed by atoms with Crippen LogP contribution in [0.4, 0.5) is 10.5 Å². The van der Waals surface area contributed by atoms with E-state index >= 15 is 0 Å². The number of hydrogen-bond donors (Lipinski definition) is 0. The van der Waals surface area contributed by atoms with Crippen LogP contribution in [0.1, 0.15) is 25.0 Å². The van der Waals surface area contributed by atoms with Crippen LogP contribution >= 0.6 is 23.4 Å². The Kier molecular flexibility index (Phi) is 8.36. The molecule has 184 valence electrons. The Balaban J connectivity index is 1.84. The van der Waals surface area contributed by atoms with Crippen molar-refractivity contribution in [3.05, 3.63) is 67.6 Å². The minimum atomic E-state index is -1.06. The summed E-state index contributed by atoms with van der Waals surface area (Å²) in [4.78, 5) is 48.1. The Bertz CT molecular complexity index is 1200. The lowest BCUT2D eigenvalue weighted by Crippen LogP contribution is -2.42. The van der Waals surface area contributed by atoms with Crippen molar-refractivity contribution in [3.63, 3.8) is 0 Å². The quantitative estimate of drug-likeness (QED) is 0.198. The van der Waals surface area contributed by atoms with Crippen molar-refractivity contribution in [2.45, 2.75) is 26.5 Å². The summed E-state index contributed by atoms with van der Waals surface area (Å²) in [5.74, 6) is -0.748. The molecule has 0 saturated carbocycles. The number of imide groups is 1. The minimum Gasteiger partial charge on any atom is -0.490 e. The number of amides is 2. The largest absolute Gasteiger partial charge is 0.490 e. The Hall–Kier alpha value is -3.57. The van der Waals surface area contributed by atoms with Gasteiger partial charge in [0.15, 0.2) is 11.5 Å². The molecule has 0 aromatic heterocycles. The molecule has 35 heavy (non-hydrogen) atoms. The number of rotatable bonds is 9. The van der Waals surface area contributed by atoms with Crippen molar-refractivity contribution in [2.24, 2.45) is 0 Å². The van der Waals surface area contributed by atoms with Gasteiger partial charge in [-0.2, -0.15) is 0 Å². The summed E-state index contributed by atoms with van der Waals surface area (Å²) in [7, 11) is 1.18. The first kappa shape index (κ1) is 26.0. The van der Waals surface area contributed by atoms with Crippen LogP contribution in [0.3, 0.4) is 0 Å². The van der Waals surface area contributed by atoms with Crippen LogP contribution in [-0.2, 0) is 20.9 Å². The number of nitro benzene ring substituents is 1. The second-order valence-electron chi connectivity index (χ2n) is 7.23. The third kappa shape index (κ3) is 5.92. The van der Waals surface area contributed by atoms with Crippen LogP contribution < -0.4 is 9.47 Å². The number of non-ortho nitro benzene ring substituents is 1. The van der Waals surface area contributed by atoms with Crippen molar-refractivity contribution in [3.8, 4) is 11.5 Å². The van der Waals surface area contributed by atoms with Crippen molar-refractivity contribution in [2.75, 3.05) is 13.7 Å². The van der Waals surface area contributed by atoms with Crippen LogP contribution in [0.25, 0.3) is 6.08 Å². The average molecular weight is 521 g/mol. The molecule has 12 heteroatoms. The molecule has 1 atom stereocenters. The fourth-order valence-corrected chi connectivity index (χ4v) is 4.37. The first-order chi connectivity index (χ1) is 16.7. The number of methoxy groups -OCH3 is 1. The highest BCUT2D eigenvalue weighted by Gasteiger charge is 2.41. The maximum atomic E-state index is 12.7. The van der Waals surface area contributed by atoms with Gasteiger partial charge in [-0.05, 0) is 67.1 Å². The first-order valence-corrected chi connectivity index (χ1v) is 11.5. The molecule has 0 unspecified atom stereocenters. The zero-order chi connectivity index (χ0) is 25.7. The number of thioether (sulfide) groups is 1. The van der Waals surface area contributed by atoms with E-state index in [0.29, 0.717) is 35.2 Å². The molecule has 3 rings (SSSR count). The van der Waals surface area contributed by atoms with Gasteiger partial charge in [-0.1, -0.05) is 11.6 Å². The minimum absolute atomic E-state index is 0.0310. The fourth-order valence-electron chi connectivity index (χ4n) is 3.18. The summed E-state index contributed by atoms with van der Waals surface area (Å²) in [6.45, 7) is 3.58. The highest BCUT2D eigenvalue weighted by atomic mass is 35.5. The molecule has 1 saturated heterocycles. The molecule has 0 N–H and O–H groups in total. The lowest BCUT2D eigenvalue weighted by Gasteiger charge is -2.18. The smallest absolute Gasteiger partial charge is 0.328 e. The van der Waals surface area contributed by atoms with E-state index in [2.05, 4.69) is 4.74 Å². The van der Waals surface area contributed by atoms with Gasteiger partial charge in [-0.25, -0.2) is 4.79 Å². The molecule has 0 radical (unpaired) electrons. The molecule has 1 aliphatic heterocycles. The predicted octanol–water partition coefficient (Wildman–Crippen LogP) is 4.82. The van der Waals surface area contributed by atoms with Crippen molar-refractivity contribution >= 4 is 52.2 Å². The van der Waals surface area contributed by atoms with Gasteiger partial charge in [-0.15, -0.1) is 0 Å². The Morgan fingerprint density at radius 3 is 2.51 bits per heavy atom. The third-order valence-corrected chi connectivity index (χ3v) is 6.08. The van der Waals surface area contributed by atoms with Gasteiger partial charge in [0, 0.05) is 12.1 Å². The van der Waals surface area contributed by atoms with Crippen molar-refractivity contribution in [1.82, 2.24) is 4.90 Å². The Morgan fingerprint density at radius 1 is 1.23 bits per heavy atom. The number of benzene rings is 2. The molecule has 10 nitrogen and oxygen atoms in total. The summed E-state index contributed by atoms with van der Waals surface area (Å²) in [6.07, 6.45) is 1.48. The molecule has 1 fully saturated rings. The van der Waals surface area contributed by atoms with E-state index in [1.54, 1.807) is 31.2 Å². The maximum Gasteiger partial charge on any atom is 0.328 e. The molecule has 0 bridgehead atoms. The van der Waals surface area contributed by atoms with E-state index in [1.807, 2.05) is 0 Å². The first-order valence-electron chi connectivity index (χ1n) is 10.3. The number of ether oxygens (including phenoxy) is 3. The molecule has 2 aromatic carbocycles. The van der Waals surface area contributed by atoms with Gasteiger partial charge in [-0.3, -0.25) is 24.6 Å². The normalized spacial score (nSPS) is 15.3. The topological polar surface area (TPSA) is 125 Å². The van der Waals surface area contributed by atoms with E-state index in [4.69, 9.17) is 21.1 Å². The van der Waals surface area contributed by atoms with Crippen LogP contribution in [0.15, 0.2) is 41.3 Å². The zero-order valence-corrected chi connectivity index (χ0v) is 20.6. The Morgan fingerprint density at radius 2 is 1.91 bits per heavy atom. The monoisotopic (exact) mass is 520 g/mol. The molecule has 0 aliphatic carbocycles. The molecule has 2 amide bonds. The average Bonchev–Trinajstić information content (AvgIpc) is 3.10. The number of esters is 1. The lowest BCUT2D eigenvalue weighted by atomic mass is 10.1. The lowest BCUT2D eigenvalue weighted by molar-refractivity contribution is -0.384. The summed E-state index contributed by atoms with van der Waals surface area (Å²) < 4.78 is 16.1. The summed E-state index contributed by atoms with van der Waals surface area (Å²) in [5, 5.41) is 10.4. The summed E-state index contributed by atoms with van der Waals surface area (Å²) >= 11 is 7.14. The summed E-state index contributed by atoms with van der Waals surface area (Å²) in [5.41, 5.74) is 1.14.